The van der Waals surface area contributed by atoms with Gasteiger partial charge in [0.1, 0.15) is 11.0 Å². The van der Waals surface area contributed by atoms with Crippen LogP contribution in [0.2, 0.25) is 0 Å². The summed E-state index contributed by atoms with van der Waals surface area (Å²) in [6.07, 6.45) is 0. The second kappa shape index (κ2) is 3.42. The fraction of sp³-hybridized carbons (Fsp3) is 0. The van der Waals surface area contributed by atoms with Crippen LogP contribution < -0.4 is 12.4 Å². The topological polar surface area (TPSA) is 41.3 Å². The Kier molecular flexibility index (Phi) is 2.49. The number of diazo groups is 1. The molecule has 0 saturated heterocycles. The van der Waals surface area contributed by atoms with Crippen LogP contribution in [0.15, 0.2) is 28.7 Å². The molecule has 1 heterocycles. The summed E-state index contributed by atoms with van der Waals surface area (Å²) in [5, 5.41) is 8.90. The van der Waals surface area contributed by atoms with Gasteiger partial charge in [0.05, 0.1) is 0 Å². The first kappa shape index (κ1) is 9.49. The Labute approximate surface area is 79.2 Å². The number of hydrogen-bond donors (Lipinski definition) is 0. The quantitative estimate of drug-likeness (QED) is 0.562. The van der Waals surface area contributed by atoms with Crippen LogP contribution >= 0.6 is 0 Å². The van der Waals surface area contributed by atoms with Gasteiger partial charge in [-0.3, -0.25) is 0 Å². The minimum absolute atomic E-state index is 0. The third-order valence-corrected chi connectivity index (χ3v) is 1.63. The summed E-state index contributed by atoms with van der Waals surface area (Å²) in [6, 6.07) is 5.79. The summed E-state index contributed by atoms with van der Waals surface area (Å²) in [4.78, 5) is 2.79. The monoisotopic (exact) mass is 198 g/mol. The van der Waals surface area contributed by atoms with E-state index in [4.69, 9.17) is 5.39 Å². The number of fused-ring (bicyclic) bond motifs is 1. The van der Waals surface area contributed by atoms with Crippen LogP contribution in [-0.2, 0) is 0 Å². The van der Waals surface area contributed by atoms with E-state index in [1.807, 2.05) is 0 Å². The molecule has 0 aliphatic heterocycles. The lowest BCUT2D eigenvalue weighted by molar-refractivity contribution is -0.00000415. The fourth-order valence-corrected chi connectivity index (χ4v) is 1.10. The van der Waals surface area contributed by atoms with Crippen molar-refractivity contribution in [2.24, 2.45) is 0 Å². The van der Waals surface area contributed by atoms with Crippen molar-refractivity contribution in [3.63, 3.8) is 0 Å². The highest BCUT2D eigenvalue weighted by molar-refractivity contribution is 5.90. The van der Waals surface area contributed by atoms with Gasteiger partial charge in [-0.15, -0.1) is 0 Å². The average Bonchev–Trinajstić information content (AvgIpc) is 2.40. The second-order valence-corrected chi connectivity index (χ2v) is 2.32. The Morgan fingerprint density at radius 1 is 1.31 bits per heavy atom. The van der Waals surface area contributed by atoms with Gasteiger partial charge >= 0.3 is 11.7 Å². The molecule has 0 atom stereocenters. The predicted molar refractivity (Wildman–Crippen MR) is 40.9 cm³/mol. The zero-order chi connectivity index (χ0) is 8.55. The number of nitrogens with zero attached hydrogens (tertiary/aromatic N) is 2. The molecule has 13 heavy (non-hydrogen) atoms. The maximum absolute atomic E-state index is 12.8. The molecule has 0 saturated carbocycles. The molecule has 0 aliphatic rings. The van der Waals surface area contributed by atoms with Gasteiger partial charge in [-0.1, -0.05) is 12.1 Å². The third kappa shape index (κ3) is 1.34. The second-order valence-electron chi connectivity index (χ2n) is 2.32. The molecular formula is C8H4ClFN2O. The zero-order valence-corrected chi connectivity index (χ0v) is 7.12. The number of furan rings is 1. The molecular weight excluding hydrogens is 195 g/mol. The van der Waals surface area contributed by atoms with Crippen LogP contribution in [-0.4, -0.2) is 0 Å². The standard InChI is InChI=1S/C8H4FN2O.ClH/c9-8-7(11-10)5-3-1-2-4-6(5)12-8;/h1-4H;1H/q+1;/p-1. The Bertz CT molecular complexity index is 474. The van der Waals surface area contributed by atoms with Gasteiger partial charge in [-0.05, 0) is 12.1 Å². The van der Waals surface area contributed by atoms with Crippen molar-refractivity contribution < 1.29 is 21.2 Å². The fourth-order valence-electron chi connectivity index (χ4n) is 1.10. The van der Waals surface area contributed by atoms with Crippen LogP contribution in [0.25, 0.3) is 15.9 Å². The molecule has 3 nitrogen and oxygen atoms in total. The highest BCUT2D eigenvalue weighted by atomic mass is 35.5. The van der Waals surface area contributed by atoms with Gasteiger partial charge in [0.25, 0.3) is 0 Å². The lowest BCUT2D eigenvalue weighted by Crippen LogP contribution is -3.00. The summed E-state index contributed by atoms with van der Waals surface area (Å²) in [5.74, 6) is 0. The zero-order valence-electron chi connectivity index (χ0n) is 6.37. The molecule has 0 fully saturated rings. The molecule has 0 radical (unpaired) electrons. The maximum atomic E-state index is 12.8. The van der Waals surface area contributed by atoms with Gasteiger partial charge in [0, 0.05) is 0 Å². The number of benzene rings is 1. The maximum Gasteiger partial charge on any atom is 0.467 e. The Hall–Kier alpha value is -1.60. The molecule has 0 N–H and O–H groups in total. The van der Waals surface area contributed by atoms with E-state index in [-0.39, 0.29) is 18.1 Å². The summed E-state index contributed by atoms with van der Waals surface area (Å²) in [7, 11) is 0. The van der Waals surface area contributed by atoms with E-state index >= 15 is 0 Å². The lowest BCUT2D eigenvalue weighted by Gasteiger charge is -1.79. The van der Waals surface area contributed by atoms with Crippen molar-refractivity contribution in [2.75, 3.05) is 0 Å². The largest absolute Gasteiger partial charge is 1.00 e. The number of rotatable bonds is 0. The number of para-hydroxylation sites is 1. The molecule has 0 unspecified atom stereocenters. The van der Waals surface area contributed by atoms with E-state index < -0.39 is 6.01 Å². The van der Waals surface area contributed by atoms with Crippen LogP contribution in [0, 0.1) is 11.4 Å². The van der Waals surface area contributed by atoms with E-state index in [0.717, 1.165) is 0 Å². The molecule has 5 heteroatoms. The molecule has 0 spiro atoms. The molecule has 1 aromatic carbocycles. The van der Waals surface area contributed by atoms with Crippen LogP contribution in [0.5, 0.6) is 0 Å². The van der Waals surface area contributed by atoms with Crippen molar-refractivity contribution in [2.45, 2.75) is 0 Å². The molecule has 2 rings (SSSR count). The first-order valence-electron chi connectivity index (χ1n) is 3.35. The van der Waals surface area contributed by atoms with Crippen molar-refractivity contribution in [1.82, 2.24) is 0 Å². The van der Waals surface area contributed by atoms with Crippen LogP contribution in [0.1, 0.15) is 0 Å². The first-order chi connectivity index (χ1) is 5.83. The van der Waals surface area contributed by atoms with E-state index in [9.17, 15) is 4.39 Å². The molecule has 0 amide bonds. The van der Waals surface area contributed by atoms with E-state index in [1.165, 1.54) is 0 Å². The van der Waals surface area contributed by atoms with E-state index in [0.29, 0.717) is 11.0 Å². The van der Waals surface area contributed by atoms with Gasteiger partial charge < -0.3 is 16.8 Å². The van der Waals surface area contributed by atoms with E-state index in [1.54, 1.807) is 24.3 Å². The minimum Gasteiger partial charge on any atom is -1.00 e. The minimum atomic E-state index is -0.862. The third-order valence-electron chi connectivity index (χ3n) is 1.63. The highest BCUT2D eigenvalue weighted by Gasteiger charge is 2.24. The summed E-state index contributed by atoms with van der Waals surface area (Å²) < 4.78 is 17.5. The van der Waals surface area contributed by atoms with Crippen LogP contribution in [0.3, 0.4) is 0 Å². The van der Waals surface area contributed by atoms with Crippen molar-refractivity contribution in [3.8, 4) is 0 Å². The molecule has 66 valence electrons. The number of halogens is 2. The van der Waals surface area contributed by atoms with Crippen molar-refractivity contribution >= 4 is 16.7 Å². The molecule has 1 aromatic heterocycles. The Balaban J connectivity index is 0.000000845. The van der Waals surface area contributed by atoms with Crippen molar-refractivity contribution in [1.29, 1.82) is 5.39 Å². The Morgan fingerprint density at radius 2 is 2.00 bits per heavy atom. The van der Waals surface area contributed by atoms with Gasteiger partial charge in [0.2, 0.25) is 5.39 Å². The summed E-state index contributed by atoms with van der Waals surface area (Å²) in [5.41, 5.74) is 0.230. The molecule has 2 aromatic rings. The highest BCUT2D eigenvalue weighted by Crippen LogP contribution is 2.31. The smallest absolute Gasteiger partial charge is 0.467 e. The SMILES string of the molecule is N#[N+]c1c(F)oc2ccccc12.[Cl-]. The van der Waals surface area contributed by atoms with Gasteiger partial charge in [0.15, 0.2) is 4.98 Å². The normalized spacial score (nSPS) is 9.23. The molecule has 0 aliphatic carbocycles. The molecule has 0 bridgehead atoms. The van der Waals surface area contributed by atoms with Crippen LogP contribution in [0.4, 0.5) is 10.1 Å². The van der Waals surface area contributed by atoms with Crippen molar-refractivity contribution in [3.05, 3.63) is 35.3 Å². The summed E-state index contributed by atoms with van der Waals surface area (Å²) >= 11 is 0. The predicted octanol–water partition coefficient (Wildman–Crippen LogP) is 0.0605. The first-order valence-corrected chi connectivity index (χ1v) is 3.35. The average molecular weight is 199 g/mol. The van der Waals surface area contributed by atoms with Gasteiger partial charge in [-0.25, -0.2) is 0 Å². The van der Waals surface area contributed by atoms with E-state index in [2.05, 4.69) is 9.39 Å². The number of hydrogen-bond acceptors (Lipinski definition) is 2. The lowest BCUT2D eigenvalue weighted by atomic mass is 10.2. The summed E-state index contributed by atoms with van der Waals surface area (Å²) in [6.45, 7) is 0. The Morgan fingerprint density at radius 3 is 2.69 bits per heavy atom. The van der Waals surface area contributed by atoms with Gasteiger partial charge in [-0.2, -0.15) is 4.39 Å².